The average molecular weight is 706 g/mol. The molecular formula is C52H35NS. The summed E-state index contributed by atoms with van der Waals surface area (Å²) in [6.07, 6.45) is 0. The van der Waals surface area contributed by atoms with Gasteiger partial charge < -0.3 is 4.90 Å². The van der Waals surface area contributed by atoms with Crippen LogP contribution in [0.4, 0.5) is 17.1 Å². The van der Waals surface area contributed by atoms with Crippen molar-refractivity contribution >= 4 is 59.3 Å². The van der Waals surface area contributed by atoms with Gasteiger partial charge in [-0.3, -0.25) is 0 Å². The van der Waals surface area contributed by atoms with E-state index in [1.165, 1.54) is 75.5 Å². The molecule has 0 aliphatic rings. The topological polar surface area (TPSA) is 3.24 Å². The molecule has 1 aromatic heterocycles. The molecule has 0 bridgehead atoms. The van der Waals surface area contributed by atoms with Crippen LogP contribution in [0.3, 0.4) is 0 Å². The van der Waals surface area contributed by atoms with Crippen LogP contribution in [-0.2, 0) is 0 Å². The summed E-state index contributed by atoms with van der Waals surface area (Å²) in [4.78, 5) is 2.40. The van der Waals surface area contributed by atoms with Gasteiger partial charge in [0, 0.05) is 37.1 Å². The second-order valence-corrected chi connectivity index (χ2v) is 14.8. The molecule has 0 radical (unpaired) electrons. The molecule has 0 N–H and O–H groups in total. The molecule has 9 aromatic carbocycles. The highest BCUT2D eigenvalue weighted by Crippen LogP contribution is 2.44. The maximum absolute atomic E-state index is 2.40. The second kappa shape index (κ2) is 13.7. The van der Waals surface area contributed by atoms with E-state index in [2.05, 4.69) is 217 Å². The van der Waals surface area contributed by atoms with Gasteiger partial charge in [0.2, 0.25) is 0 Å². The van der Waals surface area contributed by atoms with Crippen molar-refractivity contribution in [1.82, 2.24) is 0 Å². The molecule has 0 atom stereocenters. The first kappa shape index (κ1) is 32.0. The largest absolute Gasteiger partial charge is 0.310 e. The van der Waals surface area contributed by atoms with Crippen LogP contribution in [-0.4, -0.2) is 0 Å². The highest BCUT2D eigenvalue weighted by atomic mass is 32.1. The van der Waals surface area contributed by atoms with E-state index in [0.717, 1.165) is 17.1 Å². The minimum atomic E-state index is 1.12. The number of fused-ring (bicyclic) bond motifs is 4. The molecule has 1 nitrogen and oxygen atoms in total. The first-order chi connectivity index (χ1) is 26.7. The van der Waals surface area contributed by atoms with E-state index < -0.39 is 0 Å². The Morgan fingerprint density at radius 1 is 0.296 bits per heavy atom. The van der Waals surface area contributed by atoms with Gasteiger partial charge in [-0.2, -0.15) is 0 Å². The number of anilines is 3. The third kappa shape index (κ3) is 5.93. The van der Waals surface area contributed by atoms with Gasteiger partial charge in [0.15, 0.2) is 0 Å². The van der Waals surface area contributed by atoms with Crippen molar-refractivity contribution in [1.29, 1.82) is 0 Å². The molecule has 0 spiro atoms. The smallest absolute Gasteiger partial charge is 0.0540 e. The first-order valence-electron chi connectivity index (χ1n) is 18.4. The maximum atomic E-state index is 2.40. The number of para-hydroxylation sites is 1. The van der Waals surface area contributed by atoms with Crippen LogP contribution >= 0.6 is 11.3 Å². The fourth-order valence-corrected chi connectivity index (χ4v) is 8.86. The predicted octanol–water partition coefficient (Wildman–Crippen LogP) is 15.3. The molecule has 0 aliphatic carbocycles. The third-order valence-electron chi connectivity index (χ3n) is 10.5. The summed E-state index contributed by atoms with van der Waals surface area (Å²) in [6.45, 7) is 0. The lowest BCUT2D eigenvalue weighted by molar-refractivity contribution is 1.29. The fourth-order valence-electron chi connectivity index (χ4n) is 7.72. The van der Waals surface area contributed by atoms with Gasteiger partial charge in [0.25, 0.3) is 0 Å². The molecule has 54 heavy (non-hydrogen) atoms. The van der Waals surface area contributed by atoms with Gasteiger partial charge in [-0.25, -0.2) is 0 Å². The van der Waals surface area contributed by atoms with Crippen LogP contribution in [0, 0.1) is 0 Å². The Labute approximate surface area is 319 Å². The molecule has 0 fully saturated rings. The number of hydrogen-bond acceptors (Lipinski definition) is 2. The zero-order valence-corrected chi connectivity index (χ0v) is 30.4. The molecule has 0 aliphatic heterocycles. The summed E-state index contributed by atoms with van der Waals surface area (Å²) in [5, 5.41) is 5.14. The van der Waals surface area contributed by atoms with Gasteiger partial charge in [-0.15, -0.1) is 11.3 Å². The van der Waals surface area contributed by atoms with E-state index in [9.17, 15) is 0 Å². The second-order valence-electron chi connectivity index (χ2n) is 13.8. The SMILES string of the molecule is c1ccc(-c2ccccc2N(c2ccc(-c3ccc(-c4cccc(-c5ccc6ccccc6c5)c4)cc3)cc2)c2ccc3c(c2)sc2ccccc23)cc1. The van der Waals surface area contributed by atoms with Crippen LogP contribution in [0.15, 0.2) is 212 Å². The maximum Gasteiger partial charge on any atom is 0.0540 e. The third-order valence-corrected chi connectivity index (χ3v) is 11.6. The van der Waals surface area contributed by atoms with Crippen molar-refractivity contribution in [3.63, 3.8) is 0 Å². The van der Waals surface area contributed by atoms with E-state index in [-0.39, 0.29) is 0 Å². The molecular weight excluding hydrogens is 671 g/mol. The van der Waals surface area contributed by atoms with Gasteiger partial charge in [-0.1, -0.05) is 164 Å². The number of thiophene rings is 1. The molecule has 0 unspecified atom stereocenters. The number of nitrogens with zero attached hydrogens (tertiary/aromatic N) is 1. The molecule has 0 saturated heterocycles. The quantitative estimate of drug-likeness (QED) is 0.160. The van der Waals surface area contributed by atoms with E-state index in [1.54, 1.807) is 0 Å². The van der Waals surface area contributed by atoms with Crippen LogP contribution in [0.25, 0.3) is 75.5 Å². The van der Waals surface area contributed by atoms with Crippen LogP contribution < -0.4 is 4.90 Å². The van der Waals surface area contributed by atoms with E-state index in [1.807, 2.05) is 11.3 Å². The van der Waals surface area contributed by atoms with Gasteiger partial charge in [-0.05, 0) is 98.2 Å². The number of hydrogen-bond donors (Lipinski definition) is 0. The van der Waals surface area contributed by atoms with Crippen molar-refractivity contribution in [2.45, 2.75) is 0 Å². The van der Waals surface area contributed by atoms with E-state index in [4.69, 9.17) is 0 Å². The molecule has 2 heteroatoms. The summed E-state index contributed by atoms with van der Waals surface area (Å²) in [5.74, 6) is 0. The molecule has 0 saturated carbocycles. The van der Waals surface area contributed by atoms with Crippen molar-refractivity contribution in [2.24, 2.45) is 0 Å². The lowest BCUT2D eigenvalue weighted by Gasteiger charge is -2.28. The lowest BCUT2D eigenvalue weighted by Crippen LogP contribution is -2.11. The molecule has 254 valence electrons. The van der Waals surface area contributed by atoms with Crippen LogP contribution in [0.5, 0.6) is 0 Å². The summed E-state index contributed by atoms with van der Waals surface area (Å²) in [7, 11) is 0. The first-order valence-corrected chi connectivity index (χ1v) is 19.2. The summed E-state index contributed by atoms with van der Waals surface area (Å²) in [5.41, 5.74) is 13.0. The van der Waals surface area contributed by atoms with Crippen molar-refractivity contribution in [2.75, 3.05) is 4.90 Å². The highest BCUT2D eigenvalue weighted by Gasteiger charge is 2.18. The summed E-state index contributed by atoms with van der Waals surface area (Å²) in [6, 6.07) is 77.1. The Hall–Kier alpha value is -6.74. The Bertz CT molecular complexity index is 2920. The van der Waals surface area contributed by atoms with E-state index >= 15 is 0 Å². The molecule has 1 heterocycles. The standard InChI is InChI=1S/C52H35NS/c1-2-12-40(13-3-1)47-17-6-8-19-50(47)53(46-31-32-49-48-18-7-9-20-51(48)54-52(49)35-46)45-29-27-38(28-30-45)37-21-23-39(24-22-37)42-15-10-16-43(33-42)44-26-25-36-11-4-5-14-41(36)34-44/h1-35H. The van der Waals surface area contributed by atoms with Gasteiger partial charge in [0.1, 0.15) is 0 Å². The zero-order valence-electron chi connectivity index (χ0n) is 29.6. The Morgan fingerprint density at radius 3 is 1.67 bits per heavy atom. The normalized spacial score (nSPS) is 11.3. The molecule has 10 rings (SSSR count). The van der Waals surface area contributed by atoms with Crippen LogP contribution in [0.1, 0.15) is 0 Å². The van der Waals surface area contributed by atoms with Crippen molar-refractivity contribution in [3.8, 4) is 44.5 Å². The van der Waals surface area contributed by atoms with Gasteiger partial charge in [0.05, 0.1) is 5.69 Å². The monoisotopic (exact) mass is 705 g/mol. The number of rotatable bonds is 7. The lowest BCUT2D eigenvalue weighted by atomic mass is 9.96. The summed E-state index contributed by atoms with van der Waals surface area (Å²) < 4.78 is 2.60. The number of benzene rings is 9. The zero-order chi connectivity index (χ0) is 35.8. The highest BCUT2D eigenvalue weighted by molar-refractivity contribution is 7.25. The molecule has 0 amide bonds. The van der Waals surface area contributed by atoms with Crippen molar-refractivity contribution in [3.05, 3.63) is 212 Å². The fraction of sp³-hybridized carbons (Fsp3) is 0. The Balaban J connectivity index is 0.993. The van der Waals surface area contributed by atoms with E-state index in [0.29, 0.717) is 0 Å². The van der Waals surface area contributed by atoms with Crippen LogP contribution in [0.2, 0.25) is 0 Å². The van der Waals surface area contributed by atoms with Crippen molar-refractivity contribution < 1.29 is 0 Å². The average Bonchev–Trinajstić information content (AvgIpc) is 3.62. The summed E-state index contributed by atoms with van der Waals surface area (Å²) >= 11 is 1.86. The van der Waals surface area contributed by atoms with Gasteiger partial charge >= 0.3 is 0 Å². The minimum absolute atomic E-state index is 1.12. The Morgan fingerprint density at radius 2 is 0.852 bits per heavy atom. The Kier molecular flexibility index (Phi) is 8.09. The molecule has 10 aromatic rings. The minimum Gasteiger partial charge on any atom is -0.310 e. The predicted molar refractivity (Wildman–Crippen MR) is 233 cm³/mol.